The van der Waals surface area contributed by atoms with Crippen molar-refractivity contribution in [2.45, 2.75) is 0 Å². The number of amides is 2. The number of phenols is 2. The molecule has 0 aliphatic rings. The molecule has 0 radical (unpaired) electrons. The van der Waals surface area contributed by atoms with Crippen LogP contribution in [0.25, 0.3) is 0 Å². The number of carbonyl (C=O) groups is 2. The van der Waals surface area contributed by atoms with E-state index in [1.54, 1.807) is 24.3 Å². The Morgan fingerprint density at radius 1 is 0.600 bits per heavy atom. The third kappa shape index (κ3) is 9.62. The molecule has 4 N–H and O–H groups in total. The fourth-order valence-corrected chi connectivity index (χ4v) is 2.11. The van der Waals surface area contributed by atoms with E-state index in [1.807, 2.05) is 0 Å². The summed E-state index contributed by atoms with van der Waals surface area (Å²) in [6, 6.07) is 12.0. The van der Waals surface area contributed by atoms with Gasteiger partial charge in [0.25, 0.3) is 0 Å². The van der Waals surface area contributed by atoms with Crippen LogP contribution in [0.2, 0.25) is 0 Å². The smallest absolute Gasteiger partial charge is 0.411 e. The van der Waals surface area contributed by atoms with Crippen molar-refractivity contribution in [1.29, 1.82) is 0 Å². The zero-order valence-corrected chi connectivity index (χ0v) is 16.2. The van der Waals surface area contributed by atoms with Gasteiger partial charge >= 0.3 is 12.2 Å². The van der Waals surface area contributed by atoms with Gasteiger partial charge in [0.15, 0.2) is 0 Å². The number of aromatic hydroxyl groups is 2. The molecule has 0 saturated carbocycles. The molecule has 2 amide bonds. The first-order valence-electron chi connectivity index (χ1n) is 9.14. The van der Waals surface area contributed by atoms with E-state index in [4.69, 9.17) is 29.2 Å². The van der Waals surface area contributed by atoms with Crippen molar-refractivity contribution >= 4 is 23.6 Å². The normalized spacial score (nSPS) is 10.3. The van der Waals surface area contributed by atoms with Gasteiger partial charge in [0, 0.05) is 11.4 Å². The number of hydrogen-bond acceptors (Lipinski definition) is 8. The summed E-state index contributed by atoms with van der Waals surface area (Å²) >= 11 is 0. The number of hydrogen-bond donors (Lipinski definition) is 4. The second kappa shape index (κ2) is 12.9. The summed E-state index contributed by atoms with van der Waals surface area (Å²) in [6.45, 7) is 1.15. The minimum Gasteiger partial charge on any atom is -0.508 e. The molecule has 0 heterocycles. The van der Waals surface area contributed by atoms with Gasteiger partial charge in [0.2, 0.25) is 0 Å². The zero-order chi connectivity index (χ0) is 21.6. The molecule has 0 saturated heterocycles. The maximum Gasteiger partial charge on any atom is 0.411 e. The van der Waals surface area contributed by atoms with E-state index in [9.17, 15) is 9.59 Å². The van der Waals surface area contributed by atoms with Crippen LogP contribution in [0.15, 0.2) is 48.5 Å². The quantitative estimate of drug-likeness (QED) is 0.322. The predicted octanol–water partition coefficient (Wildman–Crippen LogP) is 2.93. The average molecular weight is 420 g/mol. The van der Waals surface area contributed by atoms with Crippen LogP contribution in [0.4, 0.5) is 21.0 Å². The third-order valence-electron chi connectivity index (χ3n) is 3.52. The topological polar surface area (TPSA) is 136 Å². The fourth-order valence-electron chi connectivity index (χ4n) is 2.11. The molecule has 0 unspecified atom stereocenters. The van der Waals surface area contributed by atoms with Gasteiger partial charge in [0.05, 0.1) is 26.4 Å². The highest BCUT2D eigenvalue weighted by atomic mass is 16.6. The van der Waals surface area contributed by atoms with Crippen LogP contribution < -0.4 is 10.6 Å². The second-order valence-electron chi connectivity index (χ2n) is 5.84. The van der Waals surface area contributed by atoms with Gasteiger partial charge in [-0.1, -0.05) is 0 Å². The largest absolute Gasteiger partial charge is 0.508 e. The van der Waals surface area contributed by atoms with Crippen LogP contribution in [-0.2, 0) is 18.9 Å². The molecule has 2 aromatic carbocycles. The number of phenolic OH excluding ortho intramolecular Hbond substituents is 2. The minimum absolute atomic E-state index is 0.0739. The first kappa shape index (κ1) is 22.8. The second-order valence-corrected chi connectivity index (χ2v) is 5.84. The number of nitrogens with one attached hydrogen (secondary N) is 2. The Bertz CT molecular complexity index is 713. The van der Waals surface area contributed by atoms with Gasteiger partial charge < -0.3 is 29.2 Å². The Kier molecular flexibility index (Phi) is 9.77. The summed E-state index contributed by atoms with van der Waals surface area (Å²) in [5, 5.41) is 23.4. The summed E-state index contributed by atoms with van der Waals surface area (Å²) in [5.74, 6) is 0.210. The maximum absolute atomic E-state index is 11.6. The van der Waals surface area contributed by atoms with Crippen LogP contribution in [-0.4, -0.2) is 62.0 Å². The summed E-state index contributed by atoms with van der Waals surface area (Å²) in [7, 11) is 0. The van der Waals surface area contributed by atoms with E-state index >= 15 is 0 Å². The number of carbonyl (C=O) groups excluding carboxylic acids is 2. The Morgan fingerprint density at radius 3 is 1.30 bits per heavy atom. The Balaban J connectivity index is 1.40. The molecule has 0 aromatic heterocycles. The average Bonchev–Trinajstić information content (AvgIpc) is 2.73. The van der Waals surface area contributed by atoms with E-state index in [-0.39, 0.29) is 37.9 Å². The predicted molar refractivity (Wildman–Crippen MR) is 108 cm³/mol. The number of rotatable bonds is 11. The van der Waals surface area contributed by atoms with Crippen molar-refractivity contribution in [3.63, 3.8) is 0 Å². The summed E-state index contributed by atoms with van der Waals surface area (Å²) < 4.78 is 20.4. The third-order valence-corrected chi connectivity index (χ3v) is 3.52. The lowest BCUT2D eigenvalue weighted by molar-refractivity contribution is 0.0179. The van der Waals surface area contributed by atoms with Crippen molar-refractivity contribution in [3.05, 3.63) is 48.5 Å². The molecule has 2 aromatic rings. The molecule has 30 heavy (non-hydrogen) atoms. The van der Waals surface area contributed by atoms with Crippen LogP contribution >= 0.6 is 0 Å². The van der Waals surface area contributed by atoms with Crippen molar-refractivity contribution in [3.8, 4) is 11.5 Å². The molecule has 0 aliphatic carbocycles. The van der Waals surface area contributed by atoms with Gasteiger partial charge in [-0.15, -0.1) is 0 Å². The standard InChI is InChI=1S/C20H24N2O8/c23-17-5-1-15(2-6-17)21-19(25)29-13-11-27-9-10-28-12-14-30-20(26)22-16-3-7-18(24)8-4-16/h1-8,23-24H,9-14H2,(H,21,25)(H,22,26). The molecule has 10 nitrogen and oxygen atoms in total. The van der Waals surface area contributed by atoms with Gasteiger partial charge in [0.1, 0.15) is 24.7 Å². The SMILES string of the molecule is O=C(Nc1ccc(O)cc1)OCCOCCOCCOC(=O)Nc1ccc(O)cc1. The van der Waals surface area contributed by atoms with Crippen molar-refractivity contribution < 1.29 is 38.7 Å². The molecule has 162 valence electrons. The van der Waals surface area contributed by atoms with Gasteiger partial charge in [-0.25, -0.2) is 9.59 Å². The summed E-state index contributed by atoms with van der Waals surface area (Å²) in [5.41, 5.74) is 1.01. The monoisotopic (exact) mass is 420 g/mol. The van der Waals surface area contributed by atoms with Crippen LogP contribution in [0.1, 0.15) is 0 Å². The van der Waals surface area contributed by atoms with E-state index in [0.717, 1.165) is 0 Å². The Hall–Kier alpha value is -3.50. The Morgan fingerprint density at radius 2 is 0.933 bits per heavy atom. The lowest BCUT2D eigenvalue weighted by atomic mass is 10.3. The molecule has 0 fully saturated rings. The molecule has 10 heteroatoms. The highest BCUT2D eigenvalue weighted by Gasteiger charge is 2.04. The van der Waals surface area contributed by atoms with Crippen LogP contribution in [0, 0.1) is 0 Å². The number of benzene rings is 2. The lowest BCUT2D eigenvalue weighted by Gasteiger charge is -2.09. The van der Waals surface area contributed by atoms with Crippen molar-refractivity contribution in [1.82, 2.24) is 0 Å². The number of ether oxygens (including phenoxy) is 4. The molecule has 0 aliphatic heterocycles. The van der Waals surface area contributed by atoms with E-state index < -0.39 is 12.2 Å². The van der Waals surface area contributed by atoms with Crippen molar-refractivity contribution in [2.75, 3.05) is 50.3 Å². The molecule has 2 rings (SSSR count). The van der Waals surface area contributed by atoms with E-state index in [2.05, 4.69) is 10.6 Å². The molecule has 0 bridgehead atoms. The highest BCUT2D eigenvalue weighted by molar-refractivity contribution is 5.85. The van der Waals surface area contributed by atoms with Crippen LogP contribution in [0.3, 0.4) is 0 Å². The first-order chi connectivity index (χ1) is 14.5. The van der Waals surface area contributed by atoms with E-state index in [1.165, 1.54) is 24.3 Å². The fraction of sp³-hybridized carbons (Fsp3) is 0.300. The van der Waals surface area contributed by atoms with Crippen molar-refractivity contribution in [2.24, 2.45) is 0 Å². The zero-order valence-electron chi connectivity index (χ0n) is 16.2. The Labute approximate surface area is 173 Å². The summed E-state index contributed by atoms with van der Waals surface area (Å²) in [6.07, 6.45) is -1.24. The summed E-state index contributed by atoms with van der Waals surface area (Å²) in [4.78, 5) is 23.1. The van der Waals surface area contributed by atoms with E-state index in [0.29, 0.717) is 24.6 Å². The van der Waals surface area contributed by atoms with Gasteiger partial charge in [-0.2, -0.15) is 0 Å². The minimum atomic E-state index is -0.622. The number of anilines is 2. The highest BCUT2D eigenvalue weighted by Crippen LogP contribution is 2.14. The first-order valence-corrected chi connectivity index (χ1v) is 9.14. The molecular weight excluding hydrogens is 396 g/mol. The maximum atomic E-state index is 11.6. The lowest BCUT2D eigenvalue weighted by Crippen LogP contribution is -2.18. The van der Waals surface area contributed by atoms with Crippen LogP contribution in [0.5, 0.6) is 11.5 Å². The molecule has 0 spiro atoms. The van der Waals surface area contributed by atoms with Gasteiger partial charge in [-0.05, 0) is 48.5 Å². The van der Waals surface area contributed by atoms with Gasteiger partial charge in [-0.3, -0.25) is 10.6 Å². The molecule has 0 atom stereocenters. The molecular formula is C20H24N2O8.